The zero-order chi connectivity index (χ0) is 23.2. The molecule has 3 aliphatic rings. The van der Waals surface area contributed by atoms with Crippen LogP contribution in [0.25, 0.3) is 22.4 Å². The Morgan fingerprint density at radius 1 is 1.06 bits per heavy atom. The van der Waals surface area contributed by atoms with Crippen LogP contribution < -0.4 is 15.8 Å². The van der Waals surface area contributed by atoms with Crippen LogP contribution in [0, 0.1) is 0 Å². The number of piperidine rings is 1. The van der Waals surface area contributed by atoms with E-state index in [1.165, 1.54) is 10.1 Å². The molecule has 0 amide bonds. The third-order valence-electron chi connectivity index (χ3n) is 7.34. The summed E-state index contributed by atoms with van der Waals surface area (Å²) in [5, 5.41) is 23.7. The summed E-state index contributed by atoms with van der Waals surface area (Å²) < 4.78 is 7.24. The van der Waals surface area contributed by atoms with Gasteiger partial charge in [-0.1, -0.05) is 6.07 Å². The third kappa shape index (κ3) is 3.86. The van der Waals surface area contributed by atoms with Crippen molar-refractivity contribution < 1.29 is 9.84 Å². The summed E-state index contributed by atoms with van der Waals surface area (Å²) in [6.45, 7) is 2.57. The highest BCUT2D eigenvalue weighted by atomic mass is 16.5. The van der Waals surface area contributed by atoms with E-state index in [1.807, 2.05) is 18.2 Å². The minimum atomic E-state index is -0.0870. The van der Waals surface area contributed by atoms with Crippen molar-refractivity contribution in [3.8, 4) is 28.1 Å². The third-order valence-corrected chi connectivity index (χ3v) is 7.34. The molecule has 176 valence electrons. The number of aryl methyl sites for hydroxylation is 2. The number of morpholine rings is 1. The first-order valence-electron chi connectivity index (χ1n) is 12.0. The molecular formula is C26H29N5O3. The standard InChI is InChI=1S/C26H29N5O3/c1-30-8-6-17(11-25(30)33)16-4-5-22(24(32)10-16)23-9-18-3-2-7-31(26(18)29-28-23)21-12-19-14-34-15-20(13-21)27-19/h4-6,8-11,19-21,27,32H,2-3,7,12-15H2,1H3/t19-,20+,21+. The lowest BCUT2D eigenvalue weighted by Gasteiger charge is -2.46. The normalized spacial score (nSPS) is 24.0. The van der Waals surface area contributed by atoms with Crippen LogP contribution in [0.1, 0.15) is 24.8 Å². The number of hydrogen-bond acceptors (Lipinski definition) is 7. The van der Waals surface area contributed by atoms with E-state index < -0.39 is 0 Å². The number of hydrogen-bond donors (Lipinski definition) is 2. The maximum Gasteiger partial charge on any atom is 0.250 e. The summed E-state index contributed by atoms with van der Waals surface area (Å²) in [6, 6.07) is 12.2. The van der Waals surface area contributed by atoms with Gasteiger partial charge in [0, 0.05) is 49.5 Å². The van der Waals surface area contributed by atoms with Crippen LogP contribution in [0.15, 0.2) is 47.4 Å². The number of aromatic hydroxyl groups is 1. The highest BCUT2D eigenvalue weighted by molar-refractivity contribution is 5.75. The Bertz CT molecular complexity index is 1280. The van der Waals surface area contributed by atoms with Crippen molar-refractivity contribution >= 4 is 5.82 Å². The van der Waals surface area contributed by atoms with E-state index >= 15 is 0 Å². The van der Waals surface area contributed by atoms with Crippen molar-refractivity contribution in [1.29, 1.82) is 0 Å². The molecule has 2 bridgehead atoms. The average Bonchev–Trinajstić information content (AvgIpc) is 2.84. The van der Waals surface area contributed by atoms with Gasteiger partial charge in [-0.2, -0.15) is 0 Å². The van der Waals surface area contributed by atoms with Gasteiger partial charge in [0.05, 0.1) is 18.9 Å². The first kappa shape index (κ1) is 21.3. The monoisotopic (exact) mass is 459 g/mol. The molecule has 2 aromatic heterocycles. The Morgan fingerprint density at radius 2 is 1.85 bits per heavy atom. The zero-order valence-corrected chi connectivity index (χ0v) is 19.3. The molecule has 3 atom stereocenters. The maximum atomic E-state index is 12.0. The SMILES string of the molecule is Cn1ccc(-c2ccc(-c3cc4c(nn3)N([C@@H]3C[C@H]5COC[C@@H](C3)N5)CCC4)c(O)c2)cc1=O. The number of fused-ring (bicyclic) bond motifs is 3. The minimum absolute atomic E-state index is 0.0870. The summed E-state index contributed by atoms with van der Waals surface area (Å²) in [5.41, 5.74) is 3.98. The van der Waals surface area contributed by atoms with E-state index in [4.69, 9.17) is 4.74 Å². The van der Waals surface area contributed by atoms with Crippen LogP contribution in [0.4, 0.5) is 5.82 Å². The molecule has 0 radical (unpaired) electrons. The highest BCUT2D eigenvalue weighted by Crippen LogP contribution is 2.36. The number of benzene rings is 1. The lowest BCUT2D eigenvalue weighted by molar-refractivity contribution is 0.0177. The van der Waals surface area contributed by atoms with Gasteiger partial charge in [0.1, 0.15) is 5.75 Å². The number of anilines is 1. The maximum absolute atomic E-state index is 12.0. The van der Waals surface area contributed by atoms with E-state index in [0.29, 0.717) is 29.4 Å². The summed E-state index contributed by atoms with van der Waals surface area (Å²) in [4.78, 5) is 14.4. The quantitative estimate of drug-likeness (QED) is 0.622. The Labute approximate surface area is 198 Å². The molecule has 0 unspecified atom stereocenters. The second-order valence-corrected chi connectivity index (χ2v) is 9.70. The number of aromatic nitrogens is 3. The van der Waals surface area contributed by atoms with Crippen molar-refractivity contribution in [2.45, 2.75) is 43.8 Å². The molecule has 3 aromatic rings. The van der Waals surface area contributed by atoms with E-state index in [-0.39, 0.29) is 11.3 Å². The Balaban J connectivity index is 1.28. The van der Waals surface area contributed by atoms with Gasteiger partial charge in [-0.25, -0.2) is 0 Å². The highest BCUT2D eigenvalue weighted by Gasteiger charge is 2.36. The molecule has 5 heterocycles. The zero-order valence-electron chi connectivity index (χ0n) is 19.3. The first-order chi connectivity index (χ1) is 16.5. The second kappa shape index (κ2) is 8.52. The van der Waals surface area contributed by atoms with Crippen molar-refractivity contribution in [2.75, 3.05) is 24.7 Å². The van der Waals surface area contributed by atoms with Gasteiger partial charge in [0.25, 0.3) is 5.56 Å². The molecule has 2 saturated heterocycles. The predicted molar refractivity (Wildman–Crippen MR) is 130 cm³/mol. The van der Waals surface area contributed by atoms with Crippen LogP contribution in [-0.4, -0.2) is 57.8 Å². The summed E-state index contributed by atoms with van der Waals surface area (Å²) >= 11 is 0. The fraction of sp³-hybridized carbons (Fsp3) is 0.423. The van der Waals surface area contributed by atoms with E-state index in [2.05, 4.69) is 26.5 Å². The molecule has 2 fully saturated rings. The van der Waals surface area contributed by atoms with E-state index in [1.54, 1.807) is 25.4 Å². The van der Waals surface area contributed by atoms with Crippen molar-refractivity contribution in [1.82, 2.24) is 20.1 Å². The number of phenolic OH excluding ortho intramolecular Hbond substituents is 1. The number of rotatable bonds is 3. The van der Waals surface area contributed by atoms with Gasteiger partial charge in [-0.05, 0) is 66.6 Å². The van der Waals surface area contributed by atoms with Crippen molar-refractivity contribution in [2.24, 2.45) is 7.05 Å². The molecule has 0 aliphatic carbocycles. The first-order valence-corrected chi connectivity index (χ1v) is 12.0. The molecular weight excluding hydrogens is 430 g/mol. The van der Waals surface area contributed by atoms with Gasteiger partial charge in [-0.3, -0.25) is 4.79 Å². The Kier molecular flexibility index (Phi) is 5.34. The Hall–Kier alpha value is -3.23. The predicted octanol–water partition coefficient (Wildman–Crippen LogP) is 2.49. The smallest absolute Gasteiger partial charge is 0.250 e. The molecule has 34 heavy (non-hydrogen) atoms. The van der Waals surface area contributed by atoms with Crippen molar-refractivity contribution in [3.05, 3.63) is 58.5 Å². The van der Waals surface area contributed by atoms with Crippen LogP contribution in [-0.2, 0) is 18.2 Å². The number of phenols is 1. The fourth-order valence-corrected chi connectivity index (χ4v) is 5.60. The fourth-order valence-electron chi connectivity index (χ4n) is 5.60. The number of ether oxygens (including phenoxy) is 1. The van der Waals surface area contributed by atoms with Crippen LogP contribution in [0.5, 0.6) is 5.75 Å². The number of nitrogens with one attached hydrogen (secondary N) is 1. The number of pyridine rings is 1. The molecule has 0 spiro atoms. The molecule has 1 aromatic carbocycles. The van der Waals surface area contributed by atoms with Gasteiger partial charge in [0.2, 0.25) is 0 Å². The van der Waals surface area contributed by atoms with Gasteiger partial charge < -0.3 is 24.6 Å². The van der Waals surface area contributed by atoms with Gasteiger partial charge >= 0.3 is 0 Å². The molecule has 2 N–H and O–H groups in total. The molecule has 8 heteroatoms. The Morgan fingerprint density at radius 3 is 2.62 bits per heavy atom. The topological polar surface area (TPSA) is 92.5 Å². The molecule has 0 saturated carbocycles. The van der Waals surface area contributed by atoms with E-state index in [9.17, 15) is 9.90 Å². The largest absolute Gasteiger partial charge is 0.507 e. The van der Waals surface area contributed by atoms with E-state index in [0.717, 1.165) is 62.4 Å². The second-order valence-electron chi connectivity index (χ2n) is 9.70. The van der Waals surface area contributed by atoms with Crippen LogP contribution in [0.3, 0.4) is 0 Å². The summed E-state index contributed by atoms with van der Waals surface area (Å²) in [6.07, 6.45) is 5.89. The van der Waals surface area contributed by atoms with Gasteiger partial charge in [-0.15, -0.1) is 10.2 Å². The van der Waals surface area contributed by atoms with Crippen molar-refractivity contribution in [3.63, 3.8) is 0 Å². The molecule has 8 nitrogen and oxygen atoms in total. The molecule has 3 aliphatic heterocycles. The average molecular weight is 460 g/mol. The van der Waals surface area contributed by atoms with Crippen LogP contribution >= 0.6 is 0 Å². The number of nitrogens with zero attached hydrogens (tertiary/aromatic N) is 4. The molecule has 6 rings (SSSR count). The summed E-state index contributed by atoms with van der Waals surface area (Å²) in [7, 11) is 1.72. The van der Waals surface area contributed by atoms with Crippen LogP contribution in [0.2, 0.25) is 0 Å². The van der Waals surface area contributed by atoms with Gasteiger partial charge in [0.15, 0.2) is 5.82 Å². The lowest BCUT2D eigenvalue weighted by atomic mass is 9.90. The minimum Gasteiger partial charge on any atom is -0.507 e. The lowest BCUT2D eigenvalue weighted by Crippen LogP contribution is -2.59. The summed E-state index contributed by atoms with van der Waals surface area (Å²) in [5.74, 6) is 1.11.